The molecule has 0 fully saturated rings. The van der Waals surface area contributed by atoms with E-state index in [1.807, 2.05) is 0 Å². The minimum absolute atomic E-state index is 0.0613. The van der Waals surface area contributed by atoms with Crippen molar-refractivity contribution in [3.8, 4) is 0 Å². The lowest BCUT2D eigenvalue weighted by Gasteiger charge is -2.20. The van der Waals surface area contributed by atoms with Gasteiger partial charge in [-0.25, -0.2) is 8.42 Å². The Balaban J connectivity index is 2.77. The minimum Gasteiger partial charge on any atom is -0.481 e. The number of hydrogen-bond donors (Lipinski definition) is 2. The molecule has 0 spiro atoms. The Hall–Kier alpha value is -1.56. The molecule has 0 bridgehead atoms. The number of aliphatic carboxylic acids is 1. The van der Waals surface area contributed by atoms with Crippen molar-refractivity contribution in [1.82, 2.24) is 0 Å². The summed E-state index contributed by atoms with van der Waals surface area (Å²) in [7, 11) is -3.19. The fraction of sp³-hybridized carbons (Fsp3) is 0.462. The Kier molecular flexibility index (Phi) is 4.57. The van der Waals surface area contributed by atoms with E-state index in [0.717, 1.165) is 0 Å². The van der Waals surface area contributed by atoms with E-state index in [1.165, 1.54) is 12.1 Å². The predicted octanol–water partition coefficient (Wildman–Crippen LogP) is 2.00. The first kappa shape index (κ1) is 15.5. The molecule has 6 heteroatoms. The first-order valence-corrected chi connectivity index (χ1v) is 7.64. The van der Waals surface area contributed by atoms with Crippen LogP contribution in [0.2, 0.25) is 0 Å². The van der Waals surface area contributed by atoms with Gasteiger partial charge in [0.15, 0.2) is 9.84 Å². The Labute approximate surface area is 113 Å². The third-order valence-electron chi connectivity index (χ3n) is 2.91. The lowest BCUT2D eigenvalue weighted by molar-refractivity contribution is -0.146. The zero-order valence-electron chi connectivity index (χ0n) is 11.3. The summed E-state index contributed by atoms with van der Waals surface area (Å²) in [6.07, 6.45) is 0. The highest BCUT2D eigenvalue weighted by molar-refractivity contribution is 7.91. The van der Waals surface area contributed by atoms with Crippen molar-refractivity contribution in [3.05, 3.63) is 24.3 Å². The van der Waals surface area contributed by atoms with Gasteiger partial charge >= 0.3 is 5.97 Å². The largest absolute Gasteiger partial charge is 0.481 e. The average Bonchev–Trinajstić information content (AvgIpc) is 2.37. The van der Waals surface area contributed by atoms with Gasteiger partial charge in [0.05, 0.1) is 16.1 Å². The average molecular weight is 285 g/mol. The van der Waals surface area contributed by atoms with Crippen LogP contribution >= 0.6 is 0 Å². The number of rotatable bonds is 6. The summed E-state index contributed by atoms with van der Waals surface area (Å²) in [5.41, 5.74) is -0.182. The van der Waals surface area contributed by atoms with Crippen molar-refractivity contribution in [1.29, 1.82) is 0 Å². The van der Waals surface area contributed by atoms with Crippen molar-refractivity contribution in [3.63, 3.8) is 0 Å². The van der Waals surface area contributed by atoms with E-state index in [2.05, 4.69) is 5.32 Å². The van der Waals surface area contributed by atoms with Gasteiger partial charge in [-0.15, -0.1) is 0 Å². The molecule has 1 aromatic rings. The van der Waals surface area contributed by atoms with Crippen LogP contribution in [0.25, 0.3) is 0 Å². The van der Waals surface area contributed by atoms with E-state index in [9.17, 15) is 13.2 Å². The van der Waals surface area contributed by atoms with Gasteiger partial charge in [0.25, 0.3) is 0 Å². The van der Waals surface area contributed by atoms with Crippen LogP contribution in [0, 0.1) is 5.41 Å². The summed E-state index contributed by atoms with van der Waals surface area (Å²) in [6, 6.07) is 6.32. The van der Waals surface area contributed by atoms with Crippen LogP contribution in [0.1, 0.15) is 20.8 Å². The summed E-state index contributed by atoms with van der Waals surface area (Å²) < 4.78 is 23.2. The maximum atomic E-state index is 11.6. The molecule has 0 radical (unpaired) electrons. The van der Waals surface area contributed by atoms with Gasteiger partial charge < -0.3 is 10.4 Å². The second kappa shape index (κ2) is 5.61. The number of sulfone groups is 1. The fourth-order valence-corrected chi connectivity index (χ4v) is 2.23. The first-order valence-electron chi connectivity index (χ1n) is 5.99. The summed E-state index contributed by atoms with van der Waals surface area (Å²) >= 11 is 0. The van der Waals surface area contributed by atoms with Gasteiger partial charge in [-0.05, 0) is 38.1 Å². The van der Waals surface area contributed by atoms with Crippen LogP contribution < -0.4 is 5.32 Å². The Bertz CT molecular complexity index is 547. The topological polar surface area (TPSA) is 83.5 Å². The smallest absolute Gasteiger partial charge is 0.310 e. The Morgan fingerprint density at radius 2 is 1.79 bits per heavy atom. The van der Waals surface area contributed by atoms with Crippen molar-refractivity contribution in [2.75, 3.05) is 17.6 Å². The van der Waals surface area contributed by atoms with Crippen LogP contribution in [0.15, 0.2) is 29.2 Å². The van der Waals surface area contributed by atoms with Crippen LogP contribution in [-0.2, 0) is 14.6 Å². The molecule has 0 amide bonds. The van der Waals surface area contributed by atoms with E-state index in [-0.39, 0.29) is 17.2 Å². The zero-order chi connectivity index (χ0) is 14.7. The lowest BCUT2D eigenvalue weighted by Crippen LogP contribution is -2.31. The highest BCUT2D eigenvalue weighted by Gasteiger charge is 2.26. The van der Waals surface area contributed by atoms with Gasteiger partial charge in [-0.2, -0.15) is 0 Å². The molecule has 19 heavy (non-hydrogen) atoms. The normalized spacial score (nSPS) is 12.2. The maximum Gasteiger partial charge on any atom is 0.310 e. The van der Waals surface area contributed by atoms with E-state index in [0.29, 0.717) is 5.69 Å². The number of benzene rings is 1. The van der Waals surface area contributed by atoms with E-state index in [4.69, 9.17) is 5.11 Å². The molecule has 0 saturated heterocycles. The molecule has 0 aliphatic heterocycles. The van der Waals surface area contributed by atoms with Gasteiger partial charge in [-0.3, -0.25) is 4.79 Å². The fourth-order valence-electron chi connectivity index (χ4n) is 1.35. The Morgan fingerprint density at radius 1 is 1.26 bits per heavy atom. The molecule has 0 atom stereocenters. The van der Waals surface area contributed by atoms with Crippen molar-refractivity contribution in [2.24, 2.45) is 5.41 Å². The second-order valence-corrected chi connectivity index (χ2v) is 7.25. The summed E-state index contributed by atoms with van der Waals surface area (Å²) in [4.78, 5) is 11.2. The van der Waals surface area contributed by atoms with Crippen molar-refractivity contribution in [2.45, 2.75) is 25.7 Å². The molecule has 0 aliphatic rings. The molecule has 0 aliphatic carbocycles. The third-order valence-corrected chi connectivity index (χ3v) is 4.66. The number of carboxylic acid groups (broad SMARTS) is 1. The molecule has 0 saturated carbocycles. The van der Waals surface area contributed by atoms with Gasteiger partial charge in [0.2, 0.25) is 0 Å². The van der Waals surface area contributed by atoms with Crippen LogP contribution in [0.3, 0.4) is 0 Å². The standard InChI is InChI=1S/C13H19NO4S/c1-4-19(17,18)11-7-5-10(6-8-11)14-9-13(2,3)12(15)16/h5-8,14H,4,9H2,1-3H3,(H,15,16). The molecule has 1 aromatic carbocycles. The first-order chi connectivity index (χ1) is 8.69. The highest BCUT2D eigenvalue weighted by Crippen LogP contribution is 2.19. The molecular formula is C13H19NO4S. The maximum absolute atomic E-state index is 11.6. The predicted molar refractivity (Wildman–Crippen MR) is 74.1 cm³/mol. The van der Waals surface area contributed by atoms with E-state index < -0.39 is 21.2 Å². The monoisotopic (exact) mass is 285 g/mol. The minimum atomic E-state index is -3.19. The molecule has 1 rings (SSSR count). The lowest BCUT2D eigenvalue weighted by atomic mass is 9.94. The molecule has 0 aromatic heterocycles. The summed E-state index contributed by atoms with van der Waals surface area (Å²) in [6.45, 7) is 5.11. The van der Waals surface area contributed by atoms with Crippen molar-refractivity contribution < 1.29 is 18.3 Å². The number of carbonyl (C=O) groups is 1. The zero-order valence-corrected chi connectivity index (χ0v) is 12.1. The molecule has 106 valence electrons. The van der Waals surface area contributed by atoms with Crippen LogP contribution in [0.5, 0.6) is 0 Å². The number of carboxylic acids is 1. The summed E-state index contributed by atoms with van der Waals surface area (Å²) in [5, 5.41) is 12.0. The van der Waals surface area contributed by atoms with Crippen LogP contribution in [-0.4, -0.2) is 31.8 Å². The summed E-state index contributed by atoms with van der Waals surface area (Å²) in [5.74, 6) is -0.823. The van der Waals surface area contributed by atoms with Gasteiger partial charge in [-0.1, -0.05) is 6.92 Å². The SMILES string of the molecule is CCS(=O)(=O)c1ccc(NCC(C)(C)C(=O)O)cc1. The van der Waals surface area contributed by atoms with E-state index >= 15 is 0 Å². The number of anilines is 1. The molecule has 2 N–H and O–H groups in total. The molecular weight excluding hydrogens is 266 g/mol. The van der Waals surface area contributed by atoms with E-state index in [1.54, 1.807) is 32.9 Å². The van der Waals surface area contributed by atoms with Crippen LogP contribution in [0.4, 0.5) is 5.69 Å². The quantitative estimate of drug-likeness (QED) is 0.835. The molecule has 0 heterocycles. The van der Waals surface area contributed by atoms with Gasteiger partial charge in [0, 0.05) is 12.2 Å². The van der Waals surface area contributed by atoms with Crippen molar-refractivity contribution >= 4 is 21.5 Å². The molecule has 5 nitrogen and oxygen atoms in total. The highest BCUT2D eigenvalue weighted by atomic mass is 32.2. The third kappa shape index (κ3) is 3.96. The van der Waals surface area contributed by atoms with Gasteiger partial charge in [0.1, 0.15) is 0 Å². The second-order valence-electron chi connectivity index (χ2n) is 4.97. The number of nitrogens with one attached hydrogen (secondary N) is 1. The number of hydrogen-bond acceptors (Lipinski definition) is 4. The Morgan fingerprint density at radius 3 is 2.21 bits per heavy atom. The molecule has 0 unspecified atom stereocenters.